The van der Waals surface area contributed by atoms with Crippen molar-refractivity contribution in [3.63, 3.8) is 0 Å². The minimum Gasteiger partial charge on any atom is -0.444 e. The Morgan fingerprint density at radius 2 is 2.17 bits per heavy atom. The van der Waals surface area contributed by atoms with Crippen LogP contribution in [0.15, 0.2) is 24.4 Å². The van der Waals surface area contributed by atoms with Crippen LogP contribution in [-0.2, 0) is 4.74 Å². The molecule has 0 aromatic carbocycles. The van der Waals surface area contributed by atoms with Gasteiger partial charge in [-0.25, -0.2) is 4.79 Å². The number of carbonyl (C=O) groups is 1. The van der Waals surface area contributed by atoms with Gasteiger partial charge in [0, 0.05) is 19.8 Å². The number of amides is 1. The molecule has 1 rings (SSSR count). The Hall–Kier alpha value is -1.62. The Bertz CT molecular complexity index is 387. The molecule has 0 radical (unpaired) electrons. The molecule has 1 aromatic heterocycles. The second kappa shape index (κ2) is 5.82. The molecule has 0 saturated heterocycles. The highest BCUT2D eigenvalue weighted by molar-refractivity contribution is 5.67. The summed E-state index contributed by atoms with van der Waals surface area (Å²) in [6.45, 7) is 5.86. The molecule has 18 heavy (non-hydrogen) atoms. The first-order valence-corrected chi connectivity index (χ1v) is 5.90. The van der Waals surface area contributed by atoms with Crippen molar-refractivity contribution >= 4 is 6.09 Å². The maximum Gasteiger partial charge on any atom is 0.410 e. The topological polar surface area (TPSA) is 68.5 Å². The van der Waals surface area contributed by atoms with Crippen LogP contribution in [0.2, 0.25) is 0 Å². The lowest BCUT2D eigenvalue weighted by atomic mass is 10.2. The molecule has 2 N–H and O–H groups in total. The largest absolute Gasteiger partial charge is 0.444 e. The van der Waals surface area contributed by atoms with Gasteiger partial charge in [0.15, 0.2) is 0 Å². The molecule has 100 valence electrons. The van der Waals surface area contributed by atoms with Crippen LogP contribution in [0.4, 0.5) is 4.79 Å². The van der Waals surface area contributed by atoms with Crippen LogP contribution in [0.1, 0.15) is 32.5 Å². The molecule has 5 nitrogen and oxygen atoms in total. The van der Waals surface area contributed by atoms with Crippen LogP contribution in [0, 0.1) is 0 Å². The van der Waals surface area contributed by atoms with Crippen LogP contribution < -0.4 is 5.73 Å². The van der Waals surface area contributed by atoms with Crippen molar-refractivity contribution in [1.29, 1.82) is 0 Å². The summed E-state index contributed by atoms with van der Waals surface area (Å²) in [5.41, 5.74) is 6.24. The fraction of sp³-hybridized carbons (Fsp3) is 0.538. The first-order valence-electron chi connectivity index (χ1n) is 5.90. The van der Waals surface area contributed by atoms with Crippen molar-refractivity contribution in [3.8, 4) is 0 Å². The van der Waals surface area contributed by atoms with Crippen LogP contribution in [-0.4, -0.2) is 35.2 Å². The minimum absolute atomic E-state index is 0.316. The first-order chi connectivity index (χ1) is 8.29. The third-order valence-corrected chi connectivity index (χ3v) is 2.24. The number of carbonyl (C=O) groups excluding carboxylic acids is 1. The quantitative estimate of drug-likeness (QED) is 0.891. The molecule has 0 saturated carbocycles. The number of pyridine rings is 1. The number of hydrogen-bond acceptors (Lipinski definition) is 4. The van der Waals surface area contributed by atoms with E-state index in [9.17, 15) is 4.79 Å². The smallest absolute Gasteiger partial charge is 0.410 e. The Morgan fingerprint density at radius 3 is 2.67 bits per heavy atom. The van der Waals surface area contributed by atoms with Gasteiger partial charge in [-0.1, -0.05) is 6.07 Å². The van der Waals surface area contributed by atoms with Crippen molar-refractivity contribution in [2.45, 2.75) is 32.4 Å². The number of nitrogens with zero attached hydrogens (tertiary/aromatic N) is 2. The van der Waals surface area contributed by atoms with Crippen LogP contribution in [0.25, 0.3) is 0 Å². The highest BCUT2D eigenvalue weighted by Crippen LogP contribution is 2.12. The predicted octanol–water partition coefficient (Wildman–Crippen LogP) is 1.95. The summed E-state index contributed by atoms with van der Waals surface area (Å²) in [7, 11) is 1.66. The second-order valence-electron chi connectivity index (χ2n) is 5.22. The molecule has 0 fully saturated rings. The van der Waals surface area contributed by atoms with Gasteiger partial charge in [-0.3, -0.25) is 4.98 Å². The predicted molar refractivity (Wildman–Crippen MR) is 70.0 cm³/mol. The molecule has 1 atom stereocenters. The van der Waals surface area contributed by atoms with E-state index in [2.05, 4.69) is 4.98 Å². The van der Waals surface area contributed by atoms with Crippen LogP contribution in [0.3, 0.4) is 0 Å². The van der Waals surface area contributed by atoms with Gasteiger partial charge < -0.3 is 15.4 Å². The number of hydrogen-bond donors (Lipinski definition) is 1. The van der Waals surface area contributed by atoms with Crippen molar-refractivity contribution in [1.82, 2.24) is 9.88 Å². The lowest BCUT2D eigenvalue weighted by Gasteiger charge is -2.26. The Morgan fingerprint density at radius 1 is 1.50 bits per heavy atom. The van der Waals surface area contributed by atoms with Gasteiger partial charge in [0.25, 0.3) is 0 Å². The summed E-state index contributed by atoms with van der Waals surface area (Å²) in [6, 6.07) is 5.22. The number of aromatic nitrogens is 1. The molecule has 0 spiro atoms. The summed E-state index contributed by atoms with van der Waals surface area (Å²) in [4.78, 5) is 17.4. The standard InChI is InChI=1S/C13H21N3O2/c1-13(2,3)18-12(17)16(4)9-10(14)11-7-5-6-8-15-11/h5-8,10H,9,14H2,1-4H3. The summed E-state index contributed by atoms with van der Waals surface area (Å²) < 4.78 is 5.25. The normalized spacial score (nSPS) is 12.9. The molecular formula is C13H21N3O2. The third kappa shape index (κ3) is 4.71. The third-order valence-electron chi connectivity index (χ3n) is 2.24. The van der Waals surface area contributed by atoms with Crippen molar-refractivity contribution < 1.29 is 9.53 Å². The fourth-order valence-electron chi connectivity index (χ4n) is 1.40. The average Bonchev–Trinajstić information content (AvgIpc) is 2.27. The van der Waals surface area contributed by atoms with E-state index in [1.165, 1.54) is 4.90 Å². The van der Waals surface area contributed by atoms with E-state index < -0.39 is 5.60 Å². The van der Waals surface area contributed by atoms with E-state index in [0.29, 0.717) is 6.54 Å². The van der Waals surface area contributed by atoms with Gasteiger partial charge in [-0.2, -0.15) is 0 Å². The monoisotopic (exact) mass is 251 g/mol. The van der Waals surface area contributed by atoms with Gasteiger partial charge in [0.1, 0.15) is 5.60 Å². The maximum atomic E-state index is 11.8. The van der Waals surface area contributed by atoms with Gasteiger partial charge in [0.05, 0.1) is 11.7 Å². The second-order valence-corrected chi connectivity index (χ2v) is 5.22. The molecule has 1 heterocycles. The minimum atomic E-state index is -0.500. The SMILES string of the molecule is CN(CC(N)c1ccccn1)C(=O)OC(C)(C)C. The molecule has 1 aromatic rings. The molecule has 0 bridgehead atoms. The lowest BCUT2D eigenvalue weighted by Crippen LogP contribution is -2.38. The maximum absolute atomic E-state index is 11.8. The van der Waals surface area contributed by atoms with Gasteiger partial charge in [-0.05, 0) is 32.9 Å². The molecule has 0 aliphatic carbocycles. The number of ether oxygens (including phenoxy) is 1. The Kier molecular flexibility index (Phi) is 4.67. The van der Waals surface area contributed by atoms with Crippen molar-refractivity contribution in [2.75, 3.05) is 13.6 Å². The van der Waals surface area contributed by atoms with Crippen molar-refractivity contribution in [3.05, 3.63) is 30.1 Å². The lowest BCUT2D eigenvalue weighted by molar-refractivity contribution is 0.0288. The van der Waals surface area contributed by atoms with E-state index in [1.54, 1.807) is 13.2 Å². The molecule has 5 heteroatoms. The van der Waals surface area contributed by atoms with Crippen LogP contribution >= 0.6 is 0 Å². The zero-order valence-electron chi connectivity index (χ0n) is 11.4. The van der Waals surface area contributed by atoms with E-state index in [-0.39, 0.29) is 12.1 Å². The van der Waals surface area contributed by atoms with Gasteiger partial charge >= 0.3 is 6.09 Å². The van der Waals surface area contributed by atoms with E-state index in [4.69, 9.17) is 10.5 Å². The summed E-state index contributed by atoms with van der Waals surface area (Å²) in [5, 5.41) is 0. The number of rotatable bonds is 3. The zero-order valence-corrected chi connectivity index (χ0v) is 11.4. The summed E-state index contributed by atoms with van der Waals surface area (Å²) in [6.07, 6.45) is 1.30. The highest BCUT2D eigenvalue weighted by atomic mass is 16.6. The number of likely N-dealkylation sites (N-methyl/N-ethyl adjacent to an activating group) is 1. The molecular weight excluding hydrogens is 230 g/mol. The molecule has 0 aliphatic rings. The molecule has 1 unspecified atom stereocenters. The summed E-state index contributed by atoms with van der Waals surface area (Å²) >= 11 is 0. The average molecular weight is 251 g/mol. The van der Waals surface area contributed by atoms with Crippen LogP contribution in [0.5, 0.6) is 0 Å². The highest BCUT2D eigenvalue weighted by Gasteiger charge is 2.21. The van der Waals surface area contributed by atoms with Gasteiger partial charge in [-0.15, -0.1) is 0 Å². The van der Waals surface area contributed by atoms with E-state index in [1.807, 2.05) is 39.0 Å². The van der Waals surface area contributed by atoms with E-state index in [0.717, 1.165) is 5.69 Å². The first kappa shape index (κ1) is 14.4. The fourth-order valence-corrected chi connectivity index (χ4v) is 1.40. The number of nitrogens with two attached hydrogens (primary N) is 1. The molecule has 0 aliphatic heterocycles. The summed E-state index contributed by atoms with van der Waals surface area (Å²) in [5.74, 6) is 0. The van der Waals surface area contributed by atoms with E-state index >= 15 is 0 Å². The van der Waals surface area contributed by atoms with Crippen molar-refractivity contribution in [2.24, 2.45) is 5.73 Å². The Labute approximate surface area is 108 Å². The molecule has 1 amide bonds. The van der Waals surface area contributed by atoms with Gasteiger partial charge in [0.2, 0.25) is 0 Å². The Balaban J connectivity index is 2.55. The zero-order chi connectivity index (χ0) is 13.8.